The molecule has 2 aromatic rings. The summed E-state index contributed by atoms with van der Waals surface area (Å²) in [5, 5.41) is 4.01. The van der Waals surface area contributed by atoms with Gasteiger partial charge in [-0.3, -0.25) is 0 Å². The van der Waals surface area contributed by atoms with Gasteiger partial charge in [0, 0.05) is 11.6 Å². The molecule has 0 saturated heterocycles. The number of anilines is 1. The van der Waals surface area contributed by atoms with Crippen LogP contribution in [0, 0.1) is 0 Å². The van der Waals surface area contributed by atoms with Gasteiger partial charge in [0.25, 0.3) is 0 Å². The lowest BCUT2D eigenvalue weighted by Gasteiger charge is -2.19. The standard InChI is InChI=1S/C17H22ClN3/c1-12(2)15-16(18)19-11-20-17(15)21-13(3)9-10-14-7-5-4-6-8-14/h4-8,11-13H,9-10H2,1-3H3,(H,19,20,21). The monoisotopic (exact) mass is 303 g/mol. The fourth-order valence-electron chi connectivity index (χ4n) is 2.33. The SMILES string of the molecule is CC(CCc1ccccc1)Nc1ncnc(Cl)c1C(C)C. The van der Waals surface area contributed by atoms with Crippen molar-refractivity contribution in [2.75, 3.05) is 5.32 Å². The Morgan fingerprint density at radius 1 is 1.10 bits per heavy atom. The Morgan fingerprint density at radius 2 is 1.81 bits per heavy atom. The number of nitrogens with one attached hydrogen (secondary N) is 1. The zero-order chi connectivity index (χ0) is 15.2. The molecule has 0 aliphatic rings. The van der Waals surface area contributed by atoms with Crippen LogP contribution in [0.4, 0.5) is 5.82 Å². The van der Waals surface area contributed by atoms with Crippen molar-refractivity contribution in [3.05, 3.63) is 52.9 Å². The summed E-state index contributed by atoms with van der Waals surface area (Å²) in [6, 6.07) is 10.8. The van der Waals surface area contributed by atoms with Crippen molar-refractivity contribution in [2.45, 2.75) is 45.6 Å². The molecular formula is C17H22ClN3. The largest absolute Gasteiger partial charge is 0.367 e. The molecule has 1 N–H and O–H groups in total. The second-order valence-corrected chi connectivity index (χ2v) is 6.01. The van der Waals surface area contributed by atoms with E-state index in [2.05, 4.69) is 60.3 Å². The Hall–Kier alpha value is -1.61. The van der Waals surface area contributed by atoms with E-state index in [1.54, 1.807) is 0 Å². The summed E-state index contributed by atoms with van der Waals surface area (Å²) in [6.07, 6.45) is 3.61. The molecule has 0 aliphatic heterocycles. The first-order valence-corrected chi connectivity index (χ1v) is 7.76. The maximum absolute atomic E-state index is 6.19. The fourth-order valence-corrected chi connectivity index (χ4v) is 2.69. The number of rotatable bonds is 6. The van der Waals surface area contributed by atoms with Gasteiger partial charge in [-0.05, 0) is 31.2 Å². The number of aryl methyl sites for hydroxylation is 1. The third-order valence-corrected chi connectivity index (χ3v) is 3.81. The van der Waals surface area contributed by atoms with Crippen LogP contribution in [-0.2, 0) is 6.42 Å². The topological polar surface area (TPSA) is 37.8 Å². The third kappa shape index (κ3) is 4.43. The van der Waals surface area contributed by atoms with Crippen LogP contribution < -0.4 is 5.32 Å². The van der Waals surface area contributed by atoms with Crippen LogP contribution in [-0.4, -0.2) is 16.0 Å². The minimum absolute atomic E-state index is 0.294. The van der Waals surface area contributed by atoms with E-state index in [9.17, 15) is 0 Å². The summed E-state index contributed by atoms with van der Waals surface area (Å²) < 4.78 is 0. The quantitative estimate of drug-likeness (QED) is 0.787. The summed E-state index contributed by atoms with van der Waals surface area (Å²) >= 11 is 6.19. The minimum atomic E-state index is 0.294. The second kappa shape index (κ2) is 7.41. The molecule has 0 radical (unpaired) electrons. The van der Waals surface area contributed by atoms with Crippen molar-refractivity contribution in [1.82, 2.24) is 9.97 Å². The normalized spacial score (nSPS) is 12.4. The maximum atomic E-state index is 6.19. The number of aromatic nitrogens is 2. The summed E-state index contributed by atoms with van der Waals surface area (Å²) in [5.41, 5.74) is 2.35. The summed E-state index contributed by atoms with van der Waals surface area (Å²) in [5.74, 6) is 1.15. The van der Waals surface area contributed by atoms with E-state index in [1.807, 2.05) is 6.07 Å². The van der Waals surface area contributed by atoms with Crippen LogP contribution in [0.25, 0.3) is 0 Å². The van der Waals surface area contributed by atoms with Crippen molar-refractivity contribution in [1.29, 1.82) is 0 Å². The molecule has 1 heterocycles. The highest BCUT2D eigenvalue weighted by Crippen LogP contribution is 2.28. The highest BCUT2D eigenvalue weighted by Gasteiger charge is 2.15. The van der Waals surface area contributed by atoms with Crippen LogP contribution in [0.15, 0.2) is 36.7 Å². The van der Waals surface area contributed by atoms with Crippen LogP contribution in [0.1, 0.15) is 44.2 Å². The van der Waals surface area contributed by atoms with Crippen LogP contribution in [0.3, 0.4) is 0 Å². The maximum Gasteiger partial charge on any atom is 0.138 e. The van der Waals surface area contributed by atoms with Crippen molar-refractivity contribution >= 4 is 17.4 Å². The molecule has 1 aromatic carbocycles. The minimum Gasteiger partial charge on any atom is -0.367 e. The lowest BCUT2D eigenvalue weighted by molar-refractivity contribution is 0.698. The van der Waals surface area contributed by atoms with Gasteiger partial charge in [-0.1, -0.05) is 55.8 Å². The first kappa shape index (κ1) is 15.8. The number of halogens is 1. The molecule has 0 fully saturated rings. The van der Waals surface area contributed by atoms with Crippen LogP contribution in [0.5, 0.6) is 0 Å². The van der Waals surface area contributed by atoms with Gasteiger partial charge in [0.05, 0.1) is 0 Å². The number of hydrogen-bond acceptors (Lipinski definition) is 3. The van der Waals surface area contributed by atoms with Crippen LogP contribution >= 0.6 is 11.6 Å². The third-order valence-electron chi connectivity index (χ3n) is 3.50. The van der Waals surface area contributed by atoms with Gasteiger partial charge in [-0.2, -0.15) is 0 Å². The smallest absolute Gasteiger partial charge is 0.138 e. The van der Waals surface area contributed by atoms with Crippen molar-refractivity contribution in [3.8, 4) is 0 Å². The molecule has 0 aliphatic carbocycles. The predicted octanol–water partition coefficient (Wildman–Crippen LogP) is 4.69. The van der Waals surface area contributed by atoms with Crippen molar-refractivity contribution in [3.63, 3.8) is 0 Å². The first-order chi connectivity index (χ1) is 10.1. The lowest BCUT2D eigenvalue weighted by atomic mass is 10.0. The molecule has 4 heteroatoms. The number of hydrogen-bond donors (Lipinski definition) is 1. The number of nitrogens with zero attached hydrogens (tertiary/aromatic N) is 2. The van der Waals surface area contributed by atoms with Gasteiger partial charge in [0.15, 0.2) is 0 Å². The average molecular weight is 304 g/mol. The molecule has 0 spiro atoms. The highest BCUT2D eigenvalue weighted by molar-refractivity contribution is 6.30. The molecule has 21 heavy (non-hydrogen) atoms. The van der Waals surface area contributed by atoms with E-state index in [-0.39, 0.29) is 0 Å². The summed E-state index contributed by atoms with van der Waals surface area (Å²) in [4.78, 5) is 8.43. The van der Waals surface area contributed by atoms with E-state index >= 15 is 0 Å². The summed E-state index contributed by atoms with van der Waals surface area (Å²) in [7, 11) is 0. The van der Waals surface area contributed by atoms with Gasteiger partial charge >= 0.3 is 0 Å². The highest BCUT2D eigenvalue weighted by atomic mass is 35.5. The van der Waals surface area contributed by atoms with Crippen molar-refractivity contribution < 1.29 is 0 Å². The Kier molecular flexibility index (Phi) is 5.57. The Bertz CT molecular complexity index is 570. The molecule has 0 saturated carbocycles. The van der Waals surface area contributed by atoms with E-state index in [0.717, 1.165) is 24.2 Å². The van der Waals surface area contributed by atoms with E-state index < -0.39 is 0 Å². The molecule has 0 bridgehead atoms. The van der Waals surface area contributed by atoms with Gasteiger partial charge in [-0.25, -0.2) is 9.97 Å². The van der Waals surface area contributed by atoms with Gasteiger partial charge in [0.1, 0.15) is 17.3 Å². The van der Waals surface area contributed by atoms with Gasteiger partial charge in [-0.15, -0.1) is 0 Å². The number of benzene rings is 1. The Labute approximate surface area is 131 Å². The second-order valence-electron chi connectivity index (χ2n) is 5.65. The molecule has 1 unspecified atom stereocenters. The Morgan fingerprint density at radius 3 is 2.48 bits per heavy atom. The first-order valence-electron chi connectivity index (χ1n) is 7.38. The van der Waals surface area contributed by atoms with Crippen LogP contribution in [0.2, 0.25) is 5.15 Å². The van der Waals surface area contributed by atoms with Crippen molar-refractivity contribution in [2.24, 2.45) is 0 Å². The van der Waals surface area contributed by atoms with Gasteiger partial charge in [0.2, 0.25) is 0 Å². The van der Waals surface area contributed by atoms with E-state index in [4.69, 9.17) is 11.6 Å². The molecule has 1 atom stereocenters. The lowest BCUT2D eigenvalue weighted by Crippen LogP contribution is -2.19. The molecule has 3 nitrogen and oxygen atoms in total. The molecular weight excluding hydrogens is 282 g/mol. The van der Waals surface area contributed by atoms with E-state index in [1.165, 1.54) is 11.9 Å². The molecule has 112 valence electrons. The van der Waals surface area contributed by atoms with E-state index in [0.29, 0.717) is 17.1 Å². The molecule has 0 amide bonds. The average Bonchev–Trinajstić information content (AvgIpc) is 2.46. The van der Waals surface area contributed by atoms with Gasteiger partial charge < -0.3 is 5.32 Å². The molecule has 1 aromatic heterocycles. The zero-order valence-electron chi connectivity index (χ0n) is 12.8. The Balaban J connectivity index is 2.00. The fraction of sp³-hybridized carbons (Fsp3) is 0.412. The molecule has 2 rings (SSSR count). The zero-order valence-corrected chi connectivity index (χ0v) is 13.6. The summed E-state index contributed by atoms with van der Waals surface area (Å²) in [6.45, 7) is 6.37. The predicted molar refractivity (Wildman–Crippen MR) is 89.0 cm³/mol.